The molecule has 3 aromatic heterocycles. The van der Waals surface area contributed by atoms with E-state index in [0.29, 0.717) is 6.61 Å². The number of ether oxygens (including phenoxy) is 1. The Kier molecular flexibility index (Phi) is 7.25. The van der Waals surface area contributed by atoms with Crippen molar-refractivity contribution in [1.29, 1.82) is 0 Å². The van der Waals surface area contributed by atoms with Gasteiger partial charge in [0.25, 0.3) is 5.56 Å². The first-order valence-corrected chi connectivity index (χ1v) is 10.9. The minimum atomic E-state index is -0.0347. The number of hydrogen-bond acceptors (Lipinski definition) is 5. The van der Waals surface area contributed by atoms with Crippen molar-refractivity contribution in [3.8, 4) is 5.75 Å². The highest BCUT2D eigenvalue weighted by atomic mass is 16.5. The molecule has 32 heavy (non-hydrogen) atoms. The van der Waals surface area contributed by atoms with Gasteiger partial charge in [-0.3, -0.25) is 19.7 Å². The van der Waals surface area contributed by atoms with Gasteiger partial charge in [0.15, 0.2) is 0 Å². The molecular formula is C26H28N4O2. The Morgan fingerprint density at radius 3 is 2.59 bits per heavy atom. The molecule has 4 aromatic rings. The molecule has 0 saturated carbocycles. The molecule has 0 spiro atoms. The summed E-state index contributed by atoms with van der Waals surface area (Å²) >= 11 is 0. The molecule has 0 N–H and O–H groups in total. The Morgan fingerprint density at radius 1 is 0.906 bits per heavy atom. The van der Waals surface area contributed by atoms with Crippen LogP contribution in [-0.4, -0.2) is 39.1 Å². The van der Waals surface area contributed by atoms with Crippen LogP contribution in [-0.2, 0) is 20.0 Å². The molecule has 0 fully saturated rings. The van der Waals surface area contributed by atoms with Crippen molar-refractivity contribution in [1.82, 2.24) is 19.4 Å². The van der Waals surface area contributed by atoms with E-state index in [9.17, 15) is 4.79 Å². The van der Waals surface area contributed by atoms with E-state index in [2.05, 4.69) is 33.1 Å². The van der Waals surface area contributed by atoms with Crippen LogP contribution in [0.3, 0.4) is 0 Å². The van der Waals surface area contributed by atoms with E-state index in [-0.39, 0.29) is 5.56 Å². The lowest BCUT2D eigenvalue weighted by atomic mass is 10.2. The highest BCUT2D eigenvalue weighted by molar-refractivity contribution is 5.84. The fraction of sp³-hybridized carbons (Fsp3) is 0.269. The fourth-order valence-electron chi connectivity index (χ4n) is 3.85. The number of rotatable bonds is 10. The maximum atomic E-state index is 12.1. The fourth-order valence-corrected chi connectivity index (χ4v) is 3.85. The van der Waals surface area contributed by atoms with Gasteiger partial charge in [0.05, 0.1) is 12.1 Å². The zero-order valence-corrected chi connectivity index (χ0v) is 18.4. The molecule has 0 bridgehead atoms. The molecule has 0 amide bonds. The molecule has 1 aromatic carbocycles. The molecular weight excluding hydrogens is 400 g/mol. The second-order valence-corrected chi connectivity index (χ2v) is 7.87. The lowest BCUT2D eigenvalue weighted by Gasteiger charge is -2.22. The summed E-state index contributed by atoms with van der Waals surface area (Å²) in [5.74, 6) is 0.749. The van der Waals surface area contributed by atoms with E-state index in [4.69, 9.17) is 4.74 Å². The third kappa shape index (κ3) is 5.59. The first kappa shape index (κ1) is 21.7. The van der Waals surface area contributed by atoms with Crippen LogP contribution >= 0.6 is 0 Å². The molecule has 164 valence electrons. The Hall–Kier alpha value is -3.51. The minimum absolute atomic E-state index is 0.0347. The van der Waals surface area contributed by atoms with Crippen molar-refractivity contribution in [2.45, 2.75) is 19.4 Å². The number of benzene rings is 1. The van der Waals surface area contributed by atoms with Gasteiger partial charge in [0.2, 0.25) is 0 Å². The van der Waals surface area contributed by atoms with Crippen LogP contribution in [0.2, 0.25) is 0 Å². The average molecular weight is 429 g/mol. The van der Waals surface area contributed by atoms with Crippen molar-refractivity contribution < 1.29 is 4.74 Å². The van der Waals surface area contributed by atoms with Crippen LogP contribution in [0.5, 0.6) is 5.75 Å². The van der Waals surface area contributed by atoms with Crippen LogP contribution < -0.4 is 10.3 Å². The summed E-state index contributed by atoms with van der Waals surface area (Å²) in [7, 11) is 1.78. The summed E-state index contributed by atoms with van der Waals surface area (Å²) in [5, 5.41) is 1.00. The van der Waals surface area contributed by atoms with Gasteiger partial charge in [0, 0.05) is 62.9 Å². The highest BCUT2D eigenvalue weighted by Crippen LogP contribution is 2.23. The molecule has 0 aliphatic rings. The zero-order valence-electron chi connectivity index (χ0n) is 18.4. The molecule has 4 rings (SSSR count). The Balaban J connectivity index is 1.38. The summed E-state index contributed by atoms with van der Waals surface area (Å²) in [5.41, 5.74) is 3.29. The number of aromatic nitrogens is 3. The first-order valence-electron chi connectivity index (χ1n) is 10.9. The van der Waals surface area contributed by atoms with Crippen molar-refractivity contribution in [2.75, 3.05) is 19.7 Å². The zero-order chi connectivity index (χ0) is 22.2. The second kappa shape index (κ2) is 10.7. The maximum absolute atomic E-state index is 12.1. The SMILES string of the molecule is Cn1c(=O)ccc2cccc(OCCCN(CCc3cccnc3)Cc3ccncc3)c21. The monoisotopic (exact) mass is 428 g/mol. The van der Waals surface area contributed by atoms with E-state index in [1.54, 1.807) is 23.9 Å². The summed E-state index contributed by atoms with van der Waals surface area (Å²) in [6.07, 6.45) is 9.24. The van der Waals surface area contributed by atoms with E-state index >= 15 is 0 Å². The summed E-state index contributed by atoms with van der Waals surface area (Å²) in [6.45, 7) is 3.30. The molecule has 0 unspecified atom stereocenters. The molecule has 0 radical (unpaired) electrons. The van der Waals surface area contributed by atoms with Gasteiger partial charge in [0.1, 0.15) is 5.75 Å². The third-order valence-corrected chi connectivity index (χ3v) is 5.57. The summed E-state index contributed by atoms with van der Waals surface area (Å²) in [4.78, 5) is 22.8. The van der Waals surface area contributed by atoms with E-state index in [0.717, 1.165) is 49.1 Å². The topological polar surface area (TPSA) is 60.2 Å². The standard InChI is InChI=1S/C26H28N4O2/c1-29-25(31)9-8-23-6-2-7-24(26(23)29)32-18-4-16-30(20-22-10-14-27-15-11-22)17-12-21-5-3-13-28-19-21/h2-3,5-11,13-15,19H,4,12,16-18,20H2,1H3. The first-order chi connectivity index (χ1) is 15.7. The predicted molar refractivity (Wildman–Crippen MR) is 127 cm³/mol. The maximum Gasteiger partial charge on any atom is 0.250 e. The molecule has 0 aliphatic heterocycles. The number of hydrogen-bond donors (Lipinski definition) is 0. The molecule has 6 heteroatoms. The van der Waals surface area contributed by atoms with Crippen molar-refractivity contribution in [3.05, 3.63) is 101 Å². The number of para-hydroxylation sites is 1. The second-order valence-electron chi connectivity index (χ2n) is 7.87. The lowest BCUT2D eigenvalue weighted by Crippen LogP contribution is -2.28. The normalized spacial score (nSPS) is 11.2. The van der Waals surface area contributed by atoms with Gasteiger partial charge in [-0.25, -0.2) is 0 Å². The van der Waals surface area contributed by atoms with Crippen LogP contribution in [0.25, 0.3) is 10.9 Å². The largest absolute Gasteiger partial charge is 0.491 e. The predicted octanol–water partition coefficient (Wildman–Crippen LogP) is 3.84. The highest BCUT2D eigenvalue weighted by Gasteiger charge is 2.09. The van der Waals surface area contributed by atoms with Gasteiger partial charge in [-0.2, -0.15) is 0 Å². The van der Waals surface area contributed by atoms with Gasteiger partial charge in [-0.05, 0) is 54.3 Å². The molecule has 6 nitrogen and oxygen atoms in total. The van der Waals surface area contributed by atoms with Crippen LogP contribution in [0.4, 0.5) is 0 Å². The Bertz CT molecular complexity index is 1190. The van der Waals surface area contributed by atoms with Gasteiger partial charge in [-0.15, -0.1) is 0 Å². The van der Waals surface area contributed by atoms with Crippen molar-refractivity contribution in [2.24, 2.45) is 7.05 Å². The quantitative estimate of drug-likeness (QED) is 0.359. The van der Waals surface area contributed by atoms with Crippen molar-refractivity contribution >= 4 is 10.9 Å². The summed E-state index contributed by atoms with van der Waals surface area (Å²) < 4.78 is 7.76. The molecule has 0 aliphatic carbocycles. The number of aryl methyl sites for hydroxylation is 1. The molecule has 0 saturated heterocycles. The van der Waals surface area contributed by atoms with E-state index in [1.165, 1.54) is 11.1 Å². The van der Waals surface area contributed by atoms with Crippen LogP contribution in [0.1, 0.15) is 17.5 Å². The van der Waals surface area contributed by atoms with Crippen LogP contribution in [0, 0.1) is 0 Å². The van der Waals surface area contributed by atoms with E-state index in [1.807, 2.05) is 48.9 Å². The summed E-state index contributed by atoms with van der Waals surface area (Å²) in [6, 6.07) is 17.5. The van der Waals surface area contributed by atoms with Gasteiger partial charge < -0.3 is 9.30 Å². The smallest absolute Gasteiger partial charge is 0.250 e. The van der Waals surface area contributed by atoms with Crippen LogP contribution in [0.15, 0.2) is 84.2 Å². The minimum Gasteiger partial charge on any atom is -0.491 e. The van der Waals surface area contributed by atoms with Gasteiger partial charge >= 0.3 is 0 Å². The number of nitrogens with zero attached hydrogens (tertiary/aromatic N) is 4. The molecule has 0 atom stereocenters. The van der Waals surface area contributed by atoms with Crippen molar-refractivity contribution in [3.63, 3.8) is 0 Å². The van der Waals surface area contributed by atoms with Gasteiger partial charge in [-0.1, -0.05) is 18.2 Å². The number of pyridine rings is 3. The van der Waals surface area contributed by atoms with E-state index < -0.39 is 0 Å². The number of fused-ring (bicyclic) bond motifs is 1. The lowest BCUT2D eigenvalue weighted by molar-refractivity contribution is 0.230. The Morgan fingerprint density at radius 2 is 1.78 bits per heavy atom. The Labute approximate surface area is 188 Å². The average Bonchev–Trinajstić information content (AvgIpc) is 2.83. The molecule has 3 heterocycles. The third-order valence-electron chi connectivity index (χ3n) is 5.57.